The van der Waals surface area contributed by atoms with Gasteiger partial charge in [0.2, 0.25) is 5.91 Å². The molecule has 1 fully saturated rings. The van der Waals surface area contributed by atoms with E-state index in [1.165, 1.54) is 23.9 Å². The van der Waals surface area contributed by atoms with E-state index in [4.69, 9.17) is 11.6 Å². The number of aromatic hydroxyl groups is 1. The molecule has 0 spiro atoms. The maximum Gasteiger partial charge on any atom is 0.271 e. The molecule has 1 saturated heterocycles. The largest absolute Gasteiger partial charge is 0.506 e. The molecular formula is C30H27ClN4O3. The van der Waals surface area contributed by atoms with Gasteiger partial charge in [-0.2, -0.15) is 5.10 Å². The van der Waals surface area contributed by atoms with Gasteiger partial charge >= 0.3 is 0 Å². The molecule has 0 saturated carbocycles. The first-order chi connectivity index (χ1) is 18.5. The molecule has 1 aliphatic heterocycles. The Bertz CT molecular complexity index is 1500. The molecule has 0 bridgehead atoms. The van der Waals surface area contributed by atoms with Crippen LogP contribution in [0.15, 0.2) is 90.0 Å². The van der Waals surface area contributed by atoms with Gasteiger partial charge in [-0.25, -0.2) is 5.43 Å². The van der Waals surface area contributed by atoms with E-state index in [0.717, 1.165) is 35.0 Å². The van der Waals surface area contributed by atoms with Crippen LogP contribution in [0.5, 0.6) is 5.75 Å². The molecule has 2 amide bonds. The first kappa shape index (κ1) is 25.3. The molecule has 0 aliphatic carbocycles. The molecule has 0 aromatic heterocycles. The van der Waals surface area contributed by atoms with E-state index in [-0.39, 0.29) is 22.2 Å². The van der Waals surface area contributed by atoms with Crippen LogP contribution in [0.4, 0.5) is 5.69 Å². The van der Waals surface area contributed by atoms with Crippen LogP contribution in [0.3, 0.4) is 0 Å². The topological polar surface area (TPSA) is 85.2 Å². The second-order valence-electron chi connectivity index (χ2n) is 9.10. The number of anilines is 1. The summed E-state index contributed by atoms with van der Waals surface area (Å²) in [6.45, 7) is 3.02. The number of phenolic OH excluding ortho intramolecular Hbond substituents is 1. The highest BCUT2D eigenvalue weighted by atomic mass is 35.5. The number of rotatable bonds is 6. The third-order valence-electron chi connectivity index (χ3n) is 6.72. The van der Waals surface area contributed by atoms with Crippen LogP contribution < -0.4 is 10.3 Å². The number of hydrogen-bond acceptors (Lipinski definition) is 5. The van der Waals surface area contributed by atoms with Gasteiger partial charge in [-0.15, -0.1) is 0 Å². The monoisotopic (exact) mass is 526 g/mol. The first-order valence-corrected chi connectivity index (χ1v) is 12.8. The van der Waals surface area contributed by atoms with Crippen molar-refractivity contribution in [3.63, 3.8) is 0 Å². The van der Waals surface area contributed by atoms with Crippen molar-refractivity contribution < 1.29 is 14.7 Å². The van der Waals surface area contributed by atoms with E-state index in [1.807, 2.05) is 59.5 Å². The van der Waals surface area contributed by atoms with Gasteiger partial charge in [0.15, 0.2) is 0 Å². The first-order valence-electron chi connectivity index (χ1n) is 12.4. The number of carbonyl (C=O) groups excluding carboxylic acids is 2. The fourth-order valence-corrected chi connectivity index (χ4v) is 4.83. The second kappa shape index (κ2) is 11.4. The van der Waals surface area contributed by atoms with Crippen molar-refractivity contribution in [2.75, 3.05) is 31.1 Å². The molecule has 8 heteroatoms. The summed E-state index contributed by atoms with van der Waals surface area (Å²) in [4.78, 5) is 29.8. The highest BCUT2D eigenvalue weighted by Crippen LogP contribution is 2.25. The number of para-hydroxylation sites is 1. The Kier molecular flexibility index (Phi) is 7.56. The van der Waals surface area contributed by atoms with E-state index >= 15 is 0 Å². The molecular weight excluding hydrogens is 500 g/mol. The van der Waals surface area contributed by atoms with E-state index in [1.54, 1.807) is 6.21 Å². The Balaban J connectivity index is 1.25. The number of hydrazone groups is 1. The number of halogens is 1. The normalized spacial score (nSPS) is 13.7. The Morgan fingerprint density at radius 1 is 0.895 bits per heavy atom. The van der Waals surface area contributed by atoms with Crippen molar-refractivity contribution in [3.05, 3.63) is 107 Å². The van der Waals surface area contributed by atoms with Crippen molar-refractivity contribution in [1.29, 1.82) is 0 Å². The minimum Gasteiger partial charge on any atom is -0.506 e. The number of benzene rings is 4. The lowest BCUT2D eigenvalue weighted by molar-refractivity contribution is -0.130. The number of nitrogens with one attached hydrogen (secondary N) is 1. The zero-order valence-corrected chi connectivity index (χ0v) is 21.4. The van der Waals surface area contributed by atoms with E-state index in [9.17, 15) is 14.7 Å². The van der Waals surface area contributed by atoms with Crippen LogP contribution in [-0.4, -0.2) is 54.2 Å². The summed E-state index contributed by atoms with van der Waals surface area (Å²) in [5, 5.41) is 15.7. The summed E-state index contributed by atoms with van der Waals surface area (Å²) < 4.78 is 0. The van der Waals surface area contributed by atoms with E-state index in [2.05, 4.69) is 27.6 Å². The van der Waals surface area contributed by atoms with E-state index in [0.29, 0.717) is 19.5 Å². The van der Waals surface area contributed by atoms with E-state index < -0.39 is 5.91 Å². The number of amides is 2. The van der Waals surface area contributed by atoms with Crippen molar-refractivity contribution in [3.8, 4) is 5.75 Å². The number of piperazine rings is 1. The lowest BCUT2D eigenvalue weighted by Gasteiger charge is -2.36. The molecule has 38 heavy (non-hydrogen) atoms. The van der Waals surface area contributed by atoms with Gasteiger partial charge in [0.1, 0.15) is 5.75 Å². The Labute approximate surface area is 225 Å². The zero-order valence-electron chi connectivity index (χ0n) is 20.7. The maximum absolute atomic E-state index is 13.2. The van der Waals surface area contributed by atoms with Gasteiger partial charge in [0.05, 0.1) is 17.7 Å². The fraction of sp³-hybridized carbons (Fsp3) is 0.167. The molecule has 1 heterocycles. The number of phenols is 1. The summed E-state index contributed by atoms with van der Waals surface area (Å²) in [5.41, 5.74) is 5.73. The molecule has 192 valence electrons. The van der Waals surface area contributed by atoms with Gasteiger partial charge in [-0.3, -0.25) is 9.59 Å². The van der Waals surface area contributed by atoms with Crippen molar-refractivity contribution in [2.45, 2.75) is 6.42 Å². The SMILES string of the molecule is O=C(NN=Cc1ccc(CC(=O)N2CCN(c3ccccc3)CC2)c2ccccc12)c1ccc(O)c(Cl)c1. The molecule has 4 aromatic carbocycles. The quantitative estimate of drug-likeness (QED) is 0.278. The summed E-state index contributed by atoms with van der Waals surface area (Å²) in [6, 6.07) is 26.2. The van der Waals surface area contributed by atoms with Gasteiger partial charge in [-0.1, -0.05) is 66.2 Å². The second-order valence-corrected chi connectivity index (χ2v) is 9.51. The lowest BCUT2D eigenvalue weighted by Crippen LogP contribution is -2.49. The van der Waals surface area contributed by atoms with Crippen LogP contribution in [0.25, 0.3) is 10.8 Å². The third kappa shape index (κ3) is 5.63. The predicted molar refractivity (Wildman–Crippen MR) is 151 cm³/mol. The average molecular weight is 527 g/mol. The zero-order chi connectivity index (χ0) is 26.5. The van der Waals surface area contributed by atoms with Crippen molar-refractivity contribution in [2.24, 2.45) is 5.10 Å². The minimum atomic E-state index is -0.443. The number of nitrogens with zero attached hydrogens (tertiary/aromatic N) is 3. The molecule has 1 aliphatic rings. The number of hydrogen-bond donors (Lipinski definition) is 2. The fourth-order valence-electron chi connectivity index (χ4n) is 4.65. The Hall–Kier alpha value is -4.36. The Morgan fingerprint density at radius 2 is 1.61 bits per heavy atom. The standard InChI is InChI=1S/C30H27ClN4O3/c31-27-18-22(12-13-28(27)36)30(38)33-32-20-23-11-10-21(25-8-4-5-9-26(23)25)19-29(37)35-16-14-34(15-17-35)24-6-2-1-3-7-24/h1-13,18,20,36H,14-17,19H2,(H,33,38). The summed E-state index contributed by atoms with van der Waals surface area (Å²) >= 11 is 5.89. The highest BCUT2D eigenvalue weighted by Gasteiger charge is 2.22. The highest BCUT2D eigenvalue weighted by molar-refractivity contribution is 6.32. The number of carbonyl (C=O) groups is 2. The Morgan fingerprint density at radius 3 is 2.34 bits per heavy atom. The molecule has 0 atom stereocenters. The van der Waals surface area contributed by atoms with Crippen LogP contribution in [-0.2, 0) is 11.2 Å². The maximum atomic E-state index is 13.2. The third-order valence-corrected chi connectivity index (χ3v) is 7.03. The molecule has 0 radical (unpaired) electrons. The summed E-state index contributed by atoms with van der Waals surface area (Å²) in [5.74, 6) is -0.419. The predicted octanol–water partition coefficient (Wildman–Crippen LogP) is 4.85. The summed E-state index contributed by atoms with van der Waals surface area (Å²) in [6.07, 6.45) is 1.90. The van der Waals surface area contributed by atoms with Gasteiger partial charge in [0, 0.05) is 43.0 Å². The smallest absolute Gasteiger partial charge is 0.271 e. The molecule has 5 rings (SSSR count). The van der Waals surface area contributed by atoms with Gasteiger partial charge < -0.3 is 14.9 Å². The number of fused-ring (bicyclic) bond motifs is 1. The molecule has 0 unspecified atom stereocenters. The average Bonchev–Trinajstić information content (AvgIpc) is 2.96. The summed E-state index contributed by atoms with van der Waals surface area (Å²) in [7, 11) is 0. The van der Waals surface area contributed by atoms with Crippen LogP contribution in [0.2, 0.25) is 5.02 Å². The lowest BCUT2D eigenvalue weighted by atomic mass is 9.97. The van der Waals surface area contributed by atoms with Crippen LogP contribution in [0, 0.1) is 0 Å². The van der Waals surface area contributed by atoms with Crippen molar-refractivity contribution in [1.82, 2.24) is 10.3 Å². The van der Waals surface area contributed by atoms with Gasteiger partial charge in [0.25, 0.3) is 5.91 Å². The van der Waals surface area contributed by atoms with Crippen molar-refractivity contribution >= 4 is 46.1 Å². The van der Waals surface area contributed by atoms with Gasteiger partial charge in [-0.05, 0) is 46.7 Å². The van der Waals surface area contributed by atoms with Crippen LogP contribution in [0.1, 0.15) is 21.5 Å². The minimum absolute atomic E-state index is 0.0915. The molecule has 2 N–H and O–H groups in total. The molecule has 7 nitrogen and oxygen atoms in total. The molecule has 4 aromatic rings. The van der Waals surface area contributed by atoms with Crippen LogP contribution >= 0.6 is 11.6 Å².